The summed E-state index contributed by atoms with van der Waals surface area (Å²) in [6.07, 6.45) is 0. The maximum atomic E-state index is 13.7. The van der Waals surface area contributed by atoms with Crippen molar-refractivity contribution in [2.24, 2.45) is 0 Å². The number of nitrogen functional groups attached to an aromatic ring is 1. The number of para-hydroxylation sites is 1. The lowest BCUT2D eigenvalue weighted by Crippen LogP contribution is -2.02. The van der Waals surface area contributed by atoms with Crippen molar-refractivity contribution >= 4 is 17.3 Å². The van der Waals surface area contributed by atoms with Gasteiger partial charge in [-0.2, -0.15) is 4.68 Å². The molecule has 0 aliphatic carbocycles. The van der Waals surface area contributed by atoms with Crippen LogP contribution in [0.4, 0.5) is 10.1 Å². The number of nitrogens with zero attached hydrogens (tertiary/aromatic N) is 4. The predicted octanol–water partition coefficient (Wildman–Crippen LogP) is 3.01. The molecule has 0 atom stereocenters. The lowest BCUT2D eigenvalue weighted by Gasteiger charge is -2.08. The highest BCUT2D eigenvalue weighted by Crippen LogP contribution is 2.30. The van der Waals surface area contributed by atoms with Crippen LogP contribution >= 0.6 is 11.6 Å². The summed E-state index contributed by atoms with van der Waals surface area (Å²) in [4.78, 5) is 0. The minimum absolute atomic E-state index is 0.326. The van der Waals surface area contributed by atoms with Crippen LogP contribution in [-0.4, -0.2) is 20.2 Å². The Morgan fingerprint density at radius 2 is 2.05 bits per heavy atom. The second kappa shape index (κ2) is 5.14. The number of anilines is 1. The van der Waals surface area contributed by atoms with Gasteiger partial charge in [0.2, 0.25) is 0 Å². The quantitative estimate of drug-likeness (QED) is 0.739. The molecule has 0 spiro atoms. The van der Waals surface area contributed by atoms with Gasteiger partial charge in [0.05, 0.1) is 16.4 Å². The minimum Gasteiger partial charge on any atom is -0.397 e. The molecule has 1 aromatic heterocycles. The molecular weight excluding hydrogens is 293 g/mol. The molecule has 0 bridgehead atoms. The number of halogens is 2. The van der Waals surface area contributed by atoms with Gasteiger partial charge in [-0.05, 0) is 47.2 Å². The van der Waals surface area contributed by atoms with Gasteiger partial charge in [0, 0.05) is 5.56 Å². The highest BCUT2D eigenvalue weighted by atomic mass is 35.5. The number of rotatable bonds is 2. The zero-order valence-corrected chi connectivity index (χ0v) is 11.8. The number of nitrogens with two attached hydrogens (primary N) is 1. The van der Waals surface area contributed by atoms with E-state index in [9.17, 15) is 4.39 Å². The molecule has 106 valence electrons. The highest BCUT2D eigenvalue weighted by molar-refractivity contribution is 6.33. The van der Waals surface area contributed by atoms with Crippen LogP contribution in [0.2, 0.25) is 5.02 Å². The van der Waals surface area contributed by atoms with Crippen LogP contribution in [0, 0.1) is 12.7 Å². The number of aromatic nitrogens is 4. The summed E-state index contributed by atoms with van der Waals surface area (Å²) >= 11 is 6.01. The summed E-state index contributed by atoms with van der Waals surface area (Å²) in [5.41, 5.74) is 7.99. The fraction of sp³-hybridized carbons (Fsp3) is 0.0714. The normalized spacial score (nSPS) is 10.8. The van der Waals surface area contributed by atoms with Crippen LogP contribution in [0.25, 0.3) is 17.1 Å². The van der Waals surface area contributed by atoms with E-state index < -0.39 is 0 Å². The third kappa shape index (κ3) is 2.34. The Bertz CT molecular complexity index is 815. The molecule has 7 heteroatoms. The molecule has 0 fully saturated rings. The van der Waals surface area contributed by atoms with Crippen molar-refractivity contribution in [1.82, 2.24) is 20.2 Å². The molecule has 0 amide bonds. The van der Waals surface area contributed by atoms with Crippen molar-refractivity contribution in [2.75, 3.05) is 5.73 Å². The first kappa shape index (κ1) is 13.5. The van der Waals surface area contributed by atoms with E-state index in [0.29, 0.717) is 33.3 Å². The van der Waals surface area contributed by atoms with E-state index in [4.69, 9.17) is 17.3 Å². The SMILES string of the molecule is Cc1ccc(-n2nnnc2-c2cccc(Cl)c2N)cc1F. The van der Waals surface area contributed by atoms with E-state index in [0.717, 1.165) is 0 Å². The van der Waals surface area contributed by atoms with E-state index in [1.54, 1.807) is 37.3 Å². The Morgan fingerprint density at radius 1 is 1.24 bits per heavy atom. The summed E-state index contributed by atoms with van der Waals surface area (Å²) < 4.78 is 15.1. The maximum Gasteiger partial charge on any atom is 0.189 e. The molecule has 2 aromatic carbocycles. The third-order valence-corrected chi connectivity index (χ3v) is 3.49. The lowest BCUT2D eigenvalue weighted by atomic mass is 10.1. The summed E-state index contributed by atoms with van der Waals surface area (Å²) in [5.74, 6) is 0.0752. The molecule has 0 radical (unpaired) electrons. The first-order valence-electron chi connectivity index (χ1n) is 6.17. The molecule has 21 heavy (non-hydrogen) atoms. The van der Waals surface area contributed by atoms with Gasteiger partial charge in [0.15, 0.2) is 5.82 Å². The van der Waals surface area contributed by atoms with Crippen molar-refractivity contribution in [2.45, 2.75) is 6.92 Å². The van der Waals surface area contributed by atoms with Crippen LogP contribution in [0.15, 0.2) is 36.4 Å². The number of benzene rings is 2. The van der Waals surface area contributed by atoms with E-state index in [2.05, 4.69) is 15.5 Å². The van der Waals surface area contributed by atoms with Crippen LogP contribution < -0.4 is 5.73 Å². The molecule has 0 aliphatic rings. The zero-order chi connectivity index (χ0) is 15.0. The molecule has 1 heterocycles. The predicted molar refractivity (Wildman–Crippen MR) is 78.7 cm³/mol. The van der Waals surface area contributed by atoms with Crippen LogP contribution in [-0.2, 0) is 0 Å². The fourth-order valence-corrected chi connectivity index (χ4v) is 2.15. The fourth-order valence-electron chi connectivity index (χ4n) is 1.97. The third-order valence-electron chi connectivity index (χ3n) is 3.16. The van der Waals surface area contributed by atoms with Gasteiger partial charge in [-0.1, -0.05) is 23.7 Å². The van der Waals surface area contributed by atoms with Gasteiger partial charge < -0.3 is 5.73 Å². The van der Waals surface area contributed by atoms with Crippen molar-refractivity contribution in [3.8, 4) is 17.1 Å². The summed E-state index contributed by atoms with van der Waals surface area (Å²) in [6, 6.07) is 9.96. The standard InChI is InChI=1S/C14H11ClFN5/c1-8-5-6-9(7-12(8)16)21-14(18-19-20-21)10-3-2-4-11(15)13(10)17/h2-7H,17H2,1H3. The topological polar surface area (TPSA) is 69.6 Å². The molecule has 0 unspecified atom stereocenters. The Kier molecular flexibility index (Phi) is 3.31. The van der Waals surface area contributed by atoms with Gasteiger partial charge in [-0.25, -0.2) is 4.39 Å². The molecular formula is C14H11ClFN5. The average Bonchev–Trinajstić information content (AvgIpc) is 2.94. The molecule has 0 aliphatic heterocycles. The Hall–Kier alpha value is -2.47. The van der Waals surface area contributed by atoms with Crippen LogP contribution in [0.3, 0.4) is 0 Å². The van der Waals surface area contributed by atoms with E-state index in [1.165, 1.54) is 10.7 Å². The van der Waals surface area contributed by atoms with Crippen molar-refractivity contribution in [3.63, 3.8) is 0 Å². The molecule has 0 saturated heterocycles. The summed E-state index contributed by atoms with van der Waals surface area (Å²) in [5, 5.41) is 11.9. The van der Waals surface area contributed by atoms with Gasteiger partial charge in [-0.15, -0.1) is 5.10 Å². The Balaban J connectivity index is 2.17. The van der Waals surface area contributed by atoms with E-state index in [1.807, 2.05) is 0 Å². The first-order chi connectivity index (χ1) is 10.1. The number of hydrogen-bond acceptors (Lipinski definition) is 4. The average molecular weight is 304 g/mol. The summed E-state index contributed by atoms with van der Waals surface area (Å²) in [7, 11) is 0. The number of hydrogen-bond donors (Lipinski definition) is 1. The first-order valence-corrected chi connectivity index (χ1v) is 6.55. The number of aryl methyl sites for hydroxylation is 1. The zero-order valence-electron chi connectivity index (χ0n) is 11.1. The van der Waals surface area contributed by atoms with Crippen molar-refractivity contribution in [1.29, 1.82) is 0 Å². The second-order valence-corrected chi connectivity index (χ2v) is 4.96. The smallest absolute Gasteiger partial charge is 0.189 e. The van der Waals surface area contributed by atoms with Gasteiger partial charge >= 0.3 is 0 Å². The van der Waals surface area contributed by atoms with Crippen molar-refractivity contribution < 1.29 is 4.39 Å². The molecule has 0 saturated carbocycles. The highest BCUT2D eigenvalue weighted by Gasteiger charge is 2.15. The lowest BCUT2D eigenvalue weighted by molar-refractivity contribution is 0.615. The van der Waals surface area contributed by atoms with Gasteiger partial charge in [0.1, 0.15) is 5.82 Å². The maximum absolute atomic E-state index is 13.7. The van der Waals surface area contributed by atoms with Crippen LogP contribution in [0.1, 0.15) is 5.56 Å². The van der Waals surface area contributed by atoms with Gasteiger partial charge in [0.25, 0.3) is 0 Å². The van der Waals surface area contributed by atoms with E-state index in [-0.39, 0.29) is 5.82 Å². The summed E-state index contributed by atoms with van der Waals surface area (Å²) in [6.45, 7) is 1.69. The Labute approximate surface area is 125 Å². The Morgan fingerprint density at radius 3 is 2.81 bits per heavy atom. The van der Waals surface area contributed by atoms with Crippen LogP contribution in [0.5, 0.6) is 0 Å². The molecule has 3 rings (SSSR count). The number of tetrazole rings is 1. The minimum atomic E-state index is -0.326. The molecule has 5 nitrogen and oxygen atoms in total. The van der Waals surface area contributed by atoms with E-state index >= 15 is 0 Å². The second-order valence-electron chi connectivity index (χ2n) is 4.55. The molecule has 2 N–H and O–H groups in total. The molecule has 3 aromatic rings. The van der Waals surface area contributed by atoms with Gasteiger partial charge in [-0.3, -0.25) is 0 Å². The monoisotopic (exact) mass is 303 g/mol. The largest absolute Gasteiger partial charge is 0.397 e. The van der Waals surface area contributed by atoms with Crippen molar-refractivity contribution in [3.05, 3.63) is 52.8 Å².